The maximum atomic E-state index is 5.49. The summed E-state index contributed by atoms with van der Waals surface area (Å²) in [6, 6.07) is 4.52. The Morgan fingerprint density at radius 3 is 2.44 bits per heavy atom. The van der Waals surface area contributed by atoms with E-state index in [1.807, 2.05) is 0 Å². The van der Waals surface area contributed by atoms with Crippen molar-refractivity contribution in [2.45, 2.75) is 52.2 Å². The third-order valence-corrected chi connectivity index (χ3v) is 4.25. The van der Waals surface area contributed by atoms with Gasteiger partial charge in [0.1, 0.15) is 0 Å². The summed E-state index contributed by atoms with van der Waals surface area (Å²) < 4.78 is 6.72. The Bertz CT molecular complexity index is 400. The van der Waals surface area contributed by atoms with Crippen LogP contribution in [0.2, 0.25) is 0 Å². The molecule has 16 heavy (non-hydrogen) atoms. The smallest absolute Gasteiger partial charge is 0.0844 e. The highest BCUT2D eigenvalue weighted by Gasteiger charge is 2.35. The van der Waals surface area contributed by atoms with E-state index in [-0.39, 0.29) is 0 Å². The third-order valence-electron chi connectivity index (χ3n) is 3.57. The molecule has 0 spiro atoms. The Balaban J connectivity index is 2.15. The summed E-state index contributed by atoms with van der Waals surface area (Å²) in [4.78, 5) is 0. The molecule has 88 valence electrons. The van der Waals surface area contributed by atoms with E-state index in [4.69, 9.17) is 4.74 Å². The highest BCUT2D eigenvalue weighted by molar-refractivity contribution is 9.10. The maximum absolute atomic E-state index is 5.49. The lowest BCUT2D eigenvalue weighted by molar-refractivity contribution is 0.362. The molecule has 0 aromatic heterocycles. The van der Waals surface area contributed by atoms with Crippen LogP contribution in [-0.4, -0.2) is 12.2 Å². The van der Waals surface area contributed by atoms with Gasteiger partial charge in [-0.3, -0.25) is 0 Å². The van der Waals surface area contributed by atoms with Gasteiger partial charge in [-0.25, -0.2) is 0 Å². The van der Waals surface area contributed by atoms with Gasteiger partial charge in [0.05, 0.1) is 12.2 Å². The molecule has 1 aliphatic rings. The molecule has 1 heterocycles. The van der Waals surface area contributed by atoms with Gasteiger partial charge >= 0.3 is 0 Å². The predicted molar refractivity (Wildman–Crippen MR) is 71.0 cm³/mol. The maximum Gasteiger partial charge on any atom is 0.0844 e. The number of hydrogen-bond acceptors (Lipinski definition) is 1. The van der Waals surface area contributed by atoms with Gasteiger partial charge in [-0.05, 0) is 55.9 Å². The van der Waals surface area contributed by atoms with Crippen molar-refractivity contribution in [2.75, 3.05) is 0 Å². The molecule has 1 saturated heterocycles. The first-order chi connectivity index (χ1) is 7.49. The normalized spacial score (nSPS) is 25.6. The van der Waals surface area contributed by atoms with E-state index < -0.39 is 0 Å². The summed E-state index contributed by atoms with van der Waals surface area (Å²) in [5.41, 5.74) is 4.12. The fourth-order valence-electron chi connectivity index (χ4n) is 2.13. The van der Waals surface area contributed by atoms with Crippen molar-refractivity contribution in [3.8, 4) is 0 Å². The Kier molecular flexibility index (Phi) is 3.41. The molecule has 0 saturated carbocycles. The molecule has 1 aromatic rings. The summed E-state index contributed by atoms with van der Waals surface area (Å²) in [6.45, 7) is 8.75. The number of benzene rings is 1. The van der Waals surface area contributed by atoms with E-state index in [2.05, 4.69) is 55.8 Å². The average molecular weight is 283 g/mol. The Labute approximate surface area is 106 Å². The first-order valence-electron chi connectivity index (χ1n) is 5.91. The van der Waals surface area contributed by atoms with Gasteiger partial charge in [-0.2, -0.15) is 0 Å². The van der Waals surface area contributed by atoms with E-state index >= 15 is 0 Å². The van der Waals surface area contributed by atoms with Crippen LogP contribution in [0.4, 0.5) is 0 Å². The standard InChI is InChI=1S/C14H19BrO/c1-8-5-12(13(15)6-9(8)2)10(3)7-14-11(4)16-14/h5-6,10-11,14H,7H2,1-4H3. The van der Waals surface area contributed by atoms with Gasteiger partial charge in [0, 0.05) is 4.47 Å². The highest BCUT2D eigenvalue weighted by atomic mass is 79.9. The molecule has 2 heteroatoms. The summed E-state index contributed by atoms with van der Waals surface area (Å²) >= 11 is 3.67. The van der Waals surface area contributed by atoms with Crippen molar-refractivity contribution in [2.24, 2.45) is 0 Å². The van der Waals surface area contributed by atoms with Crippen LogP contribution < -0.4 is 0 Å². The van der Waals surface area contributed by atoms with Crippen molar-refractivity contribution >= 4 is 15.9 Å². The number of epoxide rings is 1. The molecule has 3 unspecified atom stereocenters. The minimum absolute atomic E-state index is 0.466. The second-order valence-electron chi connectivity index (χ2n) is 4.97. The van der Waals surface area contributed by atoms with Crippen LogP contribution in [0.3, 0.4) is 0 Å². The van der Waals surface area contributed by atoms with E-state index in [1.165, 1.54) is 21.2 Å². The highest BCUT2D eigenvalue weighted by Crippen LogP contribution is 2.35. The second kappa shape index (κ2) is 4.50. The largest absolute Gasteiger partial charge is 0.370 e. The van der Waals surface area contributed by atoms with E-state index in [0.717, 1.165) is 6.42 Å². The molecule has 0 bridgehead atoms. The molecule has 0 aliphatic carbocycles. The van der Waals surface area contributed by atoms with E-state index in [9.17, 15) is 0 Å². The zero-order valence-corrected chi connectivity index (χ0v) is 12.0. The van der Waals surface area contributed by atoms with Gasteiger partial charge in [-0.1, -0.05) is 28.9 Å². The van der Waals surface area contributed by atoms with Crippen molar-refractivity contribution in [1.29, 1.82) is 0 Å². The summed E-state index contributed by atoms with van der Waals surface area (Å²) in [5.74, 6) is 0.559. The number of halogens is 1. The zero-order chi connectivity index (χ0) is 11.9. The molecule has 0 N–H and O–H groups in total. The third kappa shape index (κ3) is 2.49. The molecule has 0 radical (unpaired) electrons. The fourth-order valence-corrected chi connectivity index (χ4v) is 2.98. The van der Waals surface area contributed by atoms with Crippen LogP contribution >= 0.6 is 15.9 Å². The van der Waals surface area contributed by atoms with Crippen molar-refractivity contribution in [3.63, 3.8) is 0 Å². The van der Waals surface area contributed by atoms with Crippen molar-refractivity contribution < 1.29 is 4.74 Å². The van der Waals surface area contributed by atoms with Crippen LogP contribution in [0.1, 0.15) is 42.9 Å². The van der Waals surface area contributed by atoms with Crippen molar-refractivity contribution in [1.82, 2.24) is 0 Å². The molecule has 1 aliphatic heterocycles. The number of rotatable bonds is 3. The molecule has 2 rings (SSSR count). The molecule has 1 aromatic carbocycles. The van der Waals surface area contributed by atoms with Crippen LogP contribution in [0, 0.1) is 13.8 Å². The number of aryl methyl sites for hydroxylation is 2. The Morgan fingerprint density at radius 2 is 1.88 bits per heavy atom. The molecule has 1 fully saturated rings. The molecular weight excluding hydrogens is 264 g/mol. The monoisotopic (exact) mass is 282 g/mol. The van der Waals surface area contributed by atoms with Gasteiger partial charge in [-0.15, -0.1) is 0 Å². The fraction of sp³-hybridized carbons (Fsp3) is 0.571. The van der Waals surface area contributed by atoms with E-state index in [1.54, 1.807) is 0 Å². The lowest BCUT2D eigenvalue weighted by Gasteiger charge is -2.15. The van der Waals surface area contributed by atoms with Gasteiger partial charge in [0.2, 0.25) is 0 Å². The number of hydrogen-bond donors (Lipinski definition) is 0. The van der Waals surface area contributed by atoms with Gasteiger partial charge in [0.15, 0.2) is 0 Å². The summed E-state index contributed by atoms with van der Waals surface area (Å²) in [6.07, 6.45) is 2.07. The lowest BCUT2D eigenvalue weighted by atomic mass is 9.93. The molecule has 3 atom stereocenters. The predicted octanol–water partition coefficient (Wildman–Crippen LogP) is 4.35. The summed E-state index contributed by atoms with van der Waals surface area (Å²) in [5, 5.41) is 0. The summed E-state index contributed by atoms with van der Waals surface area (Å²) in [7, 11) is 0. The molecule has 1 nitrogen and oxygen atoms in total. The number of ether oxygens (including phenoxy) is 1. The lowest BCUT2D eigenvalue weighted by Crippen LogP contribution is -2.02. The molecule has 0 amide bonds. The average Bonchev–Trinajstić information content (AvgIpc) is 2.87. The topological polar surface area (TPSA) is 12.5 Å². The van der Waals surface area contributed by atoms with Crippen LogP contribution in [-0.2, 0) is 4.74 Å². The quantitative estimate of drug-likeness (QED) is 0.751. The second-order valence-corrected chi connectivity index (χ2v) is 5.83. The first-order valence-corrected chi connectivity index (χ1v) is 6.70. The van der Waals surface area contributed by atoms with Crippen LogP contribution in [0.5, 0.6) is 0 Å². The first kappa shape index (κ1) is 12.1. The zero-order valence-electron chi connectivity index (χ0n) is 10.4. The Hall–Kier alpha value is -0.340. The molecular formula is C14H19BrO. The minimum atomic E-state index is 0.466. The van der Waals surface area contributed by atoms with E-state index in [0.29, 0.717) is 18.1 Å². The Morgan fingerprint density at radius 1 is 1.31 bits per heavy atom. The van der Waals surface area contributed by atoms with Crippen molar-refractivity contribution in [3.05, 3.63) is 33.3 Å². The minimum Gasteiger partial charge on any atom is -0.370 e. The van der Waals surface area contributed by atoms with Crippen LogP contribution in [0.15, 0.2) is 16.6 Å². The van der Waals surface area contributed by atoms with Gasteiger partial charge in [0.25, 0.3) is 0 Å². The van der Waals surface area contributed by atoms with Gasteiger partial charge < -0.3 is 4.74 Å². The SMILES string of the molecule is Cc1cc(Br)c(C(C)CC2OC2C)cc1C. The van der Waals surface area contributed by atoms with Crippen LogP contribution in [0.25, 0.3) is 0 Å².